The fraction of sp³-hybridized carbons (Fsp3) is 0.778. The molecule has 15 heavy (non-hydrogen) atoms. The van der Waals surface area contributed by atoms with Crippen LogP contribution in [0.25, 0.3) is 0 Å². The highest BCUT2D eigenvalue weighted by Gasteiger charge is 2.61. The van der Waals surface area contributed by atoms with E-state index in [9.17, 15) is 9.59 Å². The molecule has 0 aromatic carbocycles. The Hall–Kier alpha value is 0.500. The lowest BCUT2D eigenvalue weighted by molar-refractivity contribution is -0.125. The van der Waals surface area contributed by atoms with E-state index in [1.807, 2.05) is 0 Å². The molecule has 0 spiro atoms. The van der Waals surface area contributed by atoms with Crippen molar-refractivity contribution >= 4 is 56.9 Å². The Labute approximate surface area is 107 Å². The van der Waals surface area contributed by atoms with Crippen molar-refractivity contribution in [3.63, 3.8) is 0 Å². The minimum Gasteiger partial charge on any atom is -0.281 e. The Morgan fingerprint density at radius 1 is 0.867 bits per heavy atom. The summed E-state index contributed by atoms with van der Waals surface area (Å²) < 4.78 is 0. The second-order valence-electron chi connectivity index (χ2n) is 4.11. The topological polar surface area (TPSA) is 34.1 Å². The van der Waals surface area contributed by atoms with Crippen molar-refractivity contribution in [2.75, 3.05) is 0 Å². The van der Waals surface area contributed by atoms with Crippen LogP contribution in [-0.2, 0) is 9.59 Å². The van der Waals surface area contributed by atoms with Crippen LogP contribution in [0.3, 0.4) is 0 Å². The van der Waals surface area contributed by atoms with Gasteiger partial charge in [-0.3, -0.25) is 9.59 Å². The van der Waals surface area contributed by atoms with Gasteiger partial charge in [-0.1, -0.05) is 0 Å². The van der Waals surface area contributed by atoms with Crippen LogP contribution >= 0.6 is 46.4 Å². The molecule has 0 aromatic heterocycles. The quantitative estimate of drug-likeness (QED) is 0.578. The maximum Gasteiger partial charge on any atom is 0.225 e. The van der Waals surface area contributed by atoms with Crippen LogP contribution in [-0.4, -0.2) is 21.2 Å². The lowest BCUT2D eigenvalue weighted by atomic mass is 9.80. The van der Waals surface area contributed by atoms with Crippen molar-refractivity contribution < 1.29 is 9.59 Å². The molecule has 0 amide bonds. The van der Waals surface area contributed by atoms with Gasteiger partial charge in [0.2, 0.25) is 10.5 Å². The second kappa shape index (κ2) is 4.06. The first kappa shape index (κ1) is 12.0. The van der Waals surface area contributed by atoms with E-state index in [2.05, 4.69) is 0 Å². The summed E-state index contributed by atoms with van der Waals surface area (Å²) in [4.78, 5) is 22.5. The van der Waals surface area contributed by atoms with Crippen molar-refractivity contribution in [3.8, 4) is 0 Å². The summed E-state index contributed by atoms with van der Waals surface area (Å²) in [6, 6.07) is 0. The normalized spacial score (nSPS) is 48.3. The minimum atomic E-state index is -0.556. The second-order valence-corrected chi connectivity index (χ2v) is 5.87. The Kier molecular flexibility index (Phi) is 3.24. The fourth-order valence-corrected chi connectivity index (χ4v) is 4.38. The maximum absolute atomic E-state index is 11.3. The lowest BCUT2D eigenvalue weighted by Crippen LogP contribution is -2.41. The number of hydrogen-bond donors (Lipinski definition) is 0. The molecule has 2 rings (SSSR count). The predicted octanol–water partition coefficient (Wildman–Crippen LogP) is 2.61. The summed E-state index contributed by atoms with van der Waals surface area (Å²) in [5, 5.41) is -1.65. The van der Waals surface area contributed by atoms with Gasteiger partial charge in [-0.2, -0.15) is 0 Å². The third-order valence-corrected chi connectivity index (χ3v) is 5.32. The number of carbonyl (C=O) groups is 2. The van der Waals surface area contributed by atoms with E-state index in [1.165, 1.54) is 0 Å². The Morgan fingerprint density at radius 3 is 1.47 bits per heavy atom. The van der Waals surface area contributed by atoms with Crippen LogP contribution in [0.5, 0.6) is 0 Å². The van der Waals surface area contributed by atoms with E-state index in [1.54, 1.807) is 0 Å². The maximum atomic E-state index is 11.3. The Morgan fingerprint density at radius 2 is 1.20 bits per heavy atom. The highest BCUT2D eigenvalue weighted by atomic mass is 35.5. The van der Waals surface area contributed by atoms with Crippen LogP contribution in [0.15, 0.2) is 0 Å². The first-order valence-electron chi connectivity index (χ1n) is 4.62. The molecule has 0 heterocycles. The van der Waals surface area contributed by atoms with Gasteiger partial charge in [-0.15, -0.1) is 23.2 Å². The van der Waals surface area contributed by atoms with Gasteiger partial charge in [0.15, 0.2) is 0 Å². The summed E-state index contributed by atoms with van der Waals surface area (Å²) in [5.74, 6) is -1.34. The summed E-state index contributed by atoms with van der Waals surface area (Å²) in [6.45, 7) is 0. The third-order valence-electron chi connectivity index (χ3n) is 3.50. The zero-order chi connectivity index (χ0) is 11.3. The molecule has 2 bridgehead atoms. The van der Waals surface area contributed by atoms with Gasteiger partial charge in [0.25, 0.3) is 0 Å². The molecule has 0 aliphatic heterocycles. The van der Waals surface area contributed by atoms with Gasteiger partial charge in [0.1, 0.15) is 0 Å². The number of hydrogen-bond acceptors (Lipinski definition) is 2. The van der Waals surface area contributed by atoms with E-state index >= 15 is 0 Å². The Balaban J connectivity index is 2.32. The van der Waals surface area contributed by atoms with Gasteiger partial charge in [0, 0.05) is 11.8 Å². The predicted molar refractivity (Wildman–Crippen MR) is 59.6 cm³/mol. The largest absolute Gasteiger partial charge is 0.281 e. The van der Waals surface area contributed by atoms with Crippen molar-refractivity contribution in [1.82, 2.24) is 0 Å². The van der Waals surface area contributed by atoms with E-state index in [0.717, 1.165) is 0 Å². The zero-order valence-electron chi connectivity index (χ0n) is 7.50. The third kappa shape index (κ3) is 1.70. The van der Waals surface area contributed by atoms with E-state index in [-0.39, 0.29) is 22.6 Å². The monoisotopic (exact) mass is 288 g/mol. The van der Waals surface area contributed by atoms with Crippen LogP contribution in [0.2, 0.25) is 0 Å². The molecule has 6 heteroatoms. The Bertz CT molecular complexity index is 289. The summed E-state index contributed by atoms with van der Waals surface area (Å²) in [5.41, 5.74) is 0. The van der Waals surface area contributed by atoms with E-state index in [0.29, 0.717) is 6.42 Å². The van der Waals surface area contributed by atoms with E-state index in [4.69, 9.17) is 46.4 Å². The van der Waals surface area contributed by atoms with Crippen LogP contribution in [0, 0.1) is 23.7 Å². The molecule has 0 aromatic rings. The zero-order valence-corrected chi connectivity index (χ0v) is 10.5. The van der Waals surface area contributed by atoms with E-state index < -0.39 is 22.3 Å². The molecule has 0 saturated heterocycles. The average Bonchev–Trinajstić information content (AvgIpc) is 2.64. The number of rotatable bonds is 2. The van der Waals surface area contributed by atoms with Crippen LogP contribution in [0.1, 0.15) is 6.42 Å². The molecule has 0 N–H and O–H groups in total. The first-order chi connectivity index (χ1) is 6.95. The van der Waals surface area contributed by atoms with Crippen molar-refractivity contribution in [3.05, 3.63) is 0 Å². The molecular formula is C9H8Cl4O2. The number of carbonyl (C=O) groups excluding carboxylic acids is 2. The molecule has 2 fully saturated rings. The first-order valence-corrected chi connectivity index (χ1v) is 6.25. The smallest absolute Gasteiger partial charge is 0.225 e. The minimum absolute atomic E-state index is 0.114. The molecular weight excluding hydrogens is 282 g/mol. The fourth-order valence-electron chi connectivity index (χ4n) is 2.89. The van der Waals surface area contributed by atoms with Crippen molar-refractivity contribution in [2.24, 2.45) is 23.7 Å². The highest BCUT2D eigenvalue weighted by Crippen LogP contribution is 2.57. The summed E-state index contributed by atoms with van der Waals surface area (Å²) in [6.07, 6.45) is 0.661. The highest BCUT2D eigenvalue weighted by molar-refractivity contribution is 6.67. The number of halogens is 4. The molecule has 0 radical (unpaired) electrons. The van der Waals surface area contributed by atoms with Crippen LogP contribution in [0.4, 0.5) is 0 Å². The lowest BCUT2D eigenvalue weighted by Gasteiger charge is -2.31. The van der Waals surface area contributed by atoms with Gasteiger partial charge >= 0.3 is 0 Å². The number of alkyl halides is 2. The number of fused-ring (bicyclic) bond motifs is 2. The average molecular weight is 290 g/mol. The molecule has 2 nitrogen and oxygen atoms in total. The molecule has 6 atom stereocenters. The summed E-state index contributed by atoms with van der Waals surface area (Å²) in [7, 11) is 0. The van der Waals surface area contributed by atoms with Crippen molar-refractivity contribution in [1.29, 1.82) is 0 Å². The molecule has 84 valence electrons. The molecule has 2 saturated carbocycles. The standard InChI is InChI=1S/C9H8Cl4O2/c10-6-2-1-3(7(6)11)5(9(13)15)4(2)8(12)14/h2-7H,1H2/t2?,3?,4-,5+,6?,7?. The SMILES string of the molecule is O=C(Cl)[C@@H]1C2CC(C(Cl)C2Cl)[C@@H]1C(=O)Cl. The van der Waals surface area contributed by atoms with Gasteiger partial charge in [0.05, 0.1) is 10.8 Å². The van der Waals surface area contributed by atoms with Crippen molar-refractivity contribution in [2.45, 2.75) is 17.2 Å². The van der Waals surface area contributed by atoms with Gasteiger partial charge < -0.3 is 0 Å². The molecule has 2 aliphatic rings. The molecule has 4 unspecified atom stereocenters. The van der Waals surface area contributed by atoms with Crippen LogP contribution < -0.4 is 0 Å². The van der Waals surface area contributed by atoms with Gasteiger partial charge in [-0.05, 0) is 41.5 Å². The van der Waals surface area contributed by atoms with Gasteiger partial charge in [-0.25, -0.2) is 0 Å². The molecule has 2 aliphatic carbocycles. The summed E-state index contributed by atoms with van der Waals surface area (Å²) >= 11 is 23.1.